The van der Waals surface area contributed by atoms with E-state index in [0.717, 1.165) is 18.5 Å². The van der Waals surface area contributed by atoms with E-state index in [2.05, 4.69) is 33.2 Å². The first-order chi connectivity index (χ1) is 13.9. The van der Waals surface area contributed by atoms with E-state index in [0.29, 0.717) is 18.7 Å². The fourth-order valence-corrected chi connectivity index (χ4v) is 5.57. The highest BCUT2D eigenvalue weighted by atomic mass is 32.2. The standard InChI is InChI=1S/C20H24N4O4S/c25-19-7-6-17(22-24(19)16-9-13-29(27,28)14-16)20(26)21-10-3-11-23-12-8-15-4-1-2-5-18(15)23/h1-2,4-5,8,12,16H,3,6-7,9-11,13-14H2,(H,21,26). The average Bonchev–Trinajstić information content (AvgIpc) is 3.28. The van der Waals surface area contributed by atoms with Gasteiger partial charge in [-0.05, 0) is 30.4 Å². The second kappa shape index (κ2) is 7.98. The number of hydrogen-bond donors (Lipinski definition) is 1. The van der Waals surface area contributed by atoms with E-state index in [1.807, 2.05) is 18.3 Å². The van der Waals surface area contributed by atoms with Crippen molar-refractivity contribution in [3.05, 3.63) is 36.5 Å². The topological polar surface area (TPSA) is 101 Å². The normalized spacial score (nSPS) is 21.4. The maximum atomic E-state index is 12.5. The second-order valence-corrected chi connectivity index (χ2v) is 9.75. The minimum Gasteiger partial charge on any atom is -0.351 e. The first kappa shape index (κ1) is 19.6. The minimum absolute atomic E-state index is 0.0621. The molecule has 0 bridgehead atoms. The highest BCUT2D eigenvalue weighted by Gasteiger charge is 2.37. The quantitative estimate of drug-likeness (QED) is 0.718. The number of carbonyl (C=O) groups is 2. The lowest BCUT2D eigenvalue weighted by atomic mass is 10.1. The molecule has 1 atom stereocenters. The molecule has 2 aliphatic heterocycles. The Labute approximate surface area is 169 Å². The highest BCUT2D eigenvalue weighted by molar-refractivity contribution is 7.91. The Kier molecular flexibility index (Phi) is 5.40. The maximum Gasteiger partial charge on any atom is 0.267 e. The number of benzene rings is 1. The van der Waals surface area contributed by atoms with E-state index in [-0.39, 0.29) is 36.2 Å². The van der Waals surface area contributed by atoms with Crippen LogP contribution in [0.3, 0.4) is 0 Å². The molecule has 1 unspecified atom stereocenters. The van der Waals surface area contributed by atoms with Crippen LogP contribution < -0.4 is 5.32 Å². The molecule has 1 N–H and O–H groups in total. The molecule has 2 aliphatic rings. The minimum atomic E-state index is -3.13. The molecule has 8 nitrogen and oxygen atoms in total. The third-order valence-corrected chi connectivity index (χ3v) is 7.17. The molecular weight excluding hydrogens is 392 g/mol. The number of sulfone groups is 1. The van der Waals surface area contributed by atoms with Crippen LogP contribution >= 0.6 is 0 Å². The molecular formula is C20H24N4O4S. The number of rotatable bonds is 6. The van der Waals surface area contributed by atoms with E-state index >= 15 is 0 Å². The largest absolute Gasteiger partial charge is 0.351 e. The summed E-state index contributed by atoms with van der Waals surface area (Å²) in [6.07, 6.45) is 3.64. The molecule has 0 aliphatic carbocycles. The molecule has 3 heterocycles. The van der Waals surface area contributed by atoms with Gasteiger partial charge in [0.15, 0.2) is 9.84 Å². The molecule has 1 saturated heterocycles. The van der Waals surface area contributed by atoms with Crippen molar-refractivity contribution < 1.29 is 18.0 Å². The molecule has 1 fully saturated rings. The van der Waals surface area contributed by atoms with E-state index < -0.39 is 15.9 Å². The number of para-hydroxylation sites is 1. The van der Waals surface area contributed by atoms with Gasteiger partial charge in [-0.3, -0.25) is 9.59 Å². The summed E-state index contributed by atoms with van der Waals surface area (Å²) in [4.78, 5) is 24.6. The number of aromatic nitrogens is 1. The molecule has 29 heavy (non-hydrogen) atoms. The van der Waals surface area contributed by atoms with Crippen molar-refractivity contribution in [1.82, 2.24) is 14.9 Å². The first-order valence-corrected chi connectivity index (χ1v) is 11.7. The van der Waals surface area contributed by atoms with Gasteiger partial charge < -0.3 is 9.88 Å². The van der Waals surface area contributed by atoms with Crippen LogP contribution in [0.2, 0.25) is 0 Å². The summed E-state index contributed by atoms with van der Waals surface area (Å²) in [6.45, 7) is 1.28. The van der Waals surface area contributed by atoms with Gasteiger partial charge in [-0.2, -0.15) is 5.10 Å². The zero-order valence-electron chi connectivity index (χ0n) is 16.1. The average molecular weight is 417 g/mol. The van der Waals surface area contributed by atoms with Crippen LogP contribution in [-0.2, 0) is 26.0 Å². The number of fused-ring (bicyclic) bond motifs is 1. The third kappa shape index (κ3) is 4.34. The number of nitrogens with one attached hydrogen (secondary N) is 1. The Morgan fingerprint density at radius 2 is 2.03 bits per heavy atom. The lowest BCUT2D eigenvalue weighted by Gasteiger charge is -2.27. The first-order valence-electron chi connectivity index (χ1n) is 9.85. The van der Waals surface area contributed by atoms with Gasteiger partial charge >= 0.3 is 0 Å². The lowest BCUT2D eigenvalue weighted by Crippen LogP contribution is -2.44. The number of aryl methyl sites for hydroxylation is 1. The molecule has 0 radical (unpaired) electrons. The Morgan fingerprint density at radius 3 is 2.83 bits per heavy atom. The zero-order chi connectivity index (χ0) is 20.4. The summed E-state index contributed by atoms with van der Waals surface area (Å²) in [5, 5.41) is 9.47. The smallest absolute Gasteiger partial charge is 0.267 e. The SMILES string of the molecule is O=C(NCCCn1ccc2ccccc21)C1=NN(C2CCS(=O)(=O)C2)C(=O)CC1. The van der Waals surface area contributed by atoms with E-state index in [1.54, 1.807) is 0 Å². The molecule has 2 amide bonds. The number of hydrazone groups is 1. The van der Waals surface area contributed by atoms with Crippen LogP contribution in [-0.4, -0.2) is 59.6 Å². The van der Waals surface area contributed by atoms with Crippen molar-refractivity contribution in [3.8, 4) is 0 Å². The van der Waals surface area contributed by atoms with Gasteiger partial charge in [0.1, 0.15) is 5.71 Å². The predicted molar refractivity (Wildman–Crippen MR) is 110 cm³/mol. The van der Waals surface area contributed by atoms with Gasteiger partial charge in [0.2, 0.25) is 5.91 Å². The Balaban J connectivity index is 1.32. The number of amides is 2. The maximum absolute atomic E-state index is 12.5. The summed E-state index contributed by atoms with van der Waals surface area (Å²) >= 11 is 0. The second-order valence-electron chi connectivity index (χ2n) is 7.52. The number of nitrogens with zero attached hydrogens (tertiary/aromatic N) is 3. The number of hydrogen-bond acceptors (Lipinski definition) is 5. The van der Waals surface area contributed by atoms with E-state index in [1.165, 1.54) is 10.4 Å². The fraction of sp³-hybridized carbons (Fsp3) is 0.450. The zero-order valence-corrected chi connectivity index (χ0v) is 16.9. The van der Waals surface area contributed by atoms with Crippen molar-refractivity contribution in [3.63, 3.8) is 0 Å². The van der Waals surface area contributed by atoms with Crippen LogP contribution in [0.4, 0.5) is 0 Å². The predicted octanol–water partition coefficient (Wildman–Crippen LogP) is 1.31. The van der Waals surface area contributed by atoms with Crippen LogP contribution in [0.15, 0.2) is 41.6 Å². The van der Waals surface area contributed by atoms with Crippen LogP contribution in [0.5, 0.6) is 0 Å². The Morgan fingerprint density at radius 1 is 1.21 bits per heavy atom. The summed E-state index contributed by atoms with van der Waals surface area (Å²) in [5.41, 5.74) is 1.46. The van der Waals surface area contributed by atoms with Gasteiger partial charge in [-0.1, -0.05) is 18.2 Å². The van der Waals surface area contributed by atoms with E-state index in [9.17, 15) is 18.0 Å². The summed E-state index contributed by atoms with van der Waals surface area (Å²) in [5.74, 6) is -0.530. The highest BCUT2D eigenvalue weighted by Crippen LogP contribution is 2.22. The van der Waals surface area contributed by atoms with Crippen LogP contribution in [0, 0.1) is 0 Å². The van der Waals surface area contributed by atoms with Crippen LogP contribution in [0.1, 0.15) is 25.7 Å². The lowest BCUT2D eigenvalue weighted by molar-refractivity contribution is -0.133. The molecule has 9 heteroatoms. The Bertz CT molecular complexity index is 1070. The molecule has 1 aromatic heterocycles. The van der Waals surface area contributed by atoms with Gasteiger partial charge in [-0.15, -0.1) is 0 Å². The van der Waals surface area contributed by atoms with Gasteiger partial charge in [0.25, 0.3) is 5.91 Å². The van der Waals surface area contributed by atoms with Crippen LogP contribution in [0.25, 0.3) is 10.9 Å². The monoisotopic (exact) mass is 416 g/mol. The van der Waals surface area contributed by atoms with Crippen molar-refractivity contribution in [2.45, 2.75) is 38.3 Å². The van der Waals surface area contributed by atoms with Gasteiger partial charge in [0.05, 0.1) is 17.5 Å². The van der Waals surface area contributed by atoms with Gasteiger partial charge in [-0.25, -0.2) is 13.4 Å². The molecule has 1 aromatic carbocycles. The van der Waals surface area contributed by atoms with Crippen molar-refractivity contribution >= 4 is 38.3 Å². The third-order valence-electron chi connectivity index (χ3n) is 5.42. The van der Waals surface area contributed by atoms with Crippen molar-refractivity contribution in [2.75, 3.05) is 18.1 Å². The molecule has 154 valence electrons. The Hall–Kier alpha value is -2.68. The van der Waals surface area contributed by atoms with Gasteiger partial charge in [0, 0.05) is 37.6 Å². The molecule has 0 spiro atoms. The van der Waals surface area contributed by atoms with E-state index in [4.69, 9.17) is 0 Å². The summed E-state index contributed by atoms with van der Waals surface area (Å²) < 4.78 is 25.5. The van der Waals surface area contributed by atoms with Crippen molar-refractivity contribution in [2.24, 2.45) is 5.10 Å². The molecule has 2 aromatic rings. The molecule has 4 rings (SSSR count). The number of carbonyl (C=O) groups excluding carboxylic acids is 2. The summed E-state index contributed by atoms with van der Waals surface area (Å²) in [6, 6.07) is 9.76. The molecule has 0 saturated carbocycles. The summed E-state index contributed by atoms with van der Waals surface area (Å²) in [7, 11) is -3.13. The fourth-order valence-electron chi connectivity index (χ4n) is 3.88. The van der Waals surface area contributed by atoms with Crippen molar-refractivity contribution in [1.29, 1.82) is 0 Å².